The molecular weight excluding hydrogens is 890 g/mol. The summed E-state index contributed by atoms with van der Waals surface area (Å²) in [5.74, 6) is -3.85. The summed E-state index contributed by atoms with van der Waals surface area (Å²) in [5.41, 5.74) is 1.54. The van der Waals surface area contributed by atoms with Crippen molar-refractivity contribution in [3.63, 3.8) is 0 Å². The molecule has 0 aliphatic carbocycles. The molecule has 7 heterocycles. The molecule has 5 aliphatic heterocycles. The number of piperidine rings is 3. The van der Waals surface area contributed by atoms with Crippen LogP contribution in [0.5, 0.6) is 0 Å². The quantitative estimate of drug-likeness (QED) is 0.167. The van der Waals surface area contributed by atoms with Crippen LogP contribution in [0.15, 0.2) is 59.6 Å². The maximum atomic E-state index is 15.5. The second-order valence-corrected chi connectivity index (χ2v) is 20.6. The van der Waals surface area contributed by atoms with E-state index in [2.05, 4.69) is 35.4 Å². The Hall–Kier alpha value is -6.25. The van der Waals surface area contributed by atoms with Gasteiger partial charge in [-0.05, 0) is 114 Å². The van der Waals surface area contributed by atoms with Crippen LogP contribution < -0.4 is 15.5 Å². The smallest absolute Gasteiger partial charge is 0.262 e. The van der Waals surface area contributed by atoms with Gasteiger partial charge in [-0.2, -0.15) is 0 Å². The van der Waals surface area contributed by atoms with Gasteiger partial charge in [-0.3, -0.25) is 39.2 Å². The first-order valence-electron chi connectivity index (χ1n) is 22.7. The Kier molecular flexibility index (Phi) is 11.4. The SMILES string of the molecule is Cc1nc2c(F)cc(-c3nc(Nc4ccc(S(=O)(=O)C5CCN(C6CN(C7CCN(c8cc9c(cc8F)C(=O)N(C8CCC(=O)NC8=O)C9=O)CC7)C6)CC5)cc4)ncc3F)cc2n1C(C)C. The van der Waals surface area contributed by atoms with E-state index < -0.39 is 62.2 Å². The third-order valence-corrected chi connectivity index (χ3v) is 16.3. The van der Waals surface area contributed by atoms with E-state index in [1.807, 2.05) is 23.3 Å². The zero-order valence-corrected chi connectivity index (χ0v) is 38.0. The molecule has 16 nitrogen and oxygen atoms in total. The Morgan fingerprint density at radius 2 is 1.46 bits per heavy atom. The normalized spacial score (nSPS) is 20.6. The van der Waals surface area contributed by atoms with Gasteiger partial charge in [0.2, 0.25) is 17.8 Å². The highest BCUT2D eigenvalue weighted by molar-refractivity contribution is 7.92. The number of aryl methyl sites for hydroxylation is 1. The summed E-state index contributed by atoms with van der Waals surface area (Å²) in [6.07, 6.45) is 3.57. The summed E-state index contributed by atoms with van der Waals surface area (Å²) in [4.78, 5) is 71.1. The zero-order valence-electron chi connectivity index (χ0n) is 37.1. The van der Waals surface area contributed by atoms with Crippen molar-refractivity contribution in [2.75, 3.05) is 49.5 Å². The highest BCUT2D eigenvalue weighted by atomic mass is 32.2. The summed E-state index contributed by atoms with van der Waals surface area (Å²) < 4.78 is 75.3. The number of aromatic nitrogens is 4. The van der Waals surface area contributed by atoms with Crippen molar-refractivity contribution in [1.29, 1.82) is 0 Å². The van der Waals surface area contributed by atoms with Crippen LogP contribution in [0.25, 0.3) is 22.3 Å². The number of imide groups is 2. The first-order chi connectivity index (χ1) is 32.0. The van der Waals surface area contributed by atoms with E-state index in [0.717, 1.165) is 43.1 Å². The van der Waals surface area contributed by atoms with Gasteiger partial charge in [0.05, 0.1) is 38.7 Å². The molecular formula is C47H49F3N10O6S. The number of hydrogen-bond donors (Lipinski definition) is 2. The van der Waals surface area contributed by atoms with Gasteiger partial charge in [0.1, 0.15) is 28.9 Å². The Bertz CT molecular complexity index is 2960. The molecule has 1 unspecified atom stereocenters. The van der Waals surface area contributed by atoms with Crippen molar-refractivity contribution in [1.82, 2.24) is 39.5 Å². The van der Waals surface area contributed by atoms with Crippen molar-refractivity contribution in [3.05, 3.63) is 89.1 Å². The molecule has 4 fully saturated rings. The predicted octanol–water partition coefficient (Wildman–Crippen LogP) is 5.54. The second kappa shape index (κ2) is 17.1. The molecule has 10 rings (SSSR count). The van der Waals surface area contributed by atoms with E-state index >= 15 is 13.2 Å². The highest BCUT2D eigenvalue weighted by Crippen LogP contribution is 2.36. The summed E-state index contributed by atoms with van der Waals surface area (Å²) in [7, 11) is -3.63. The van der Waals surface area contributed by atoms with E-state index in [1.165, 1.54) is 12.1 Å². The van der Waals surface area contributed by atoms with Crippen LogP contribution in [-0.2, 0) is 19.4 Å². The number of imidazole rings is 1. The minimum absolute atomic E-state index is 0.00344. The number of rotatable bonds is 10. The van der Waals surface area contributed by atoms with E-state index in [1.54, 1.807) is 37.3 Å². The van der Waals surface area contributed by atoms with Crippen molar-refractivity contribution in [3.8, 4) is 11.3 Å². The van der Waals surface area contributed by atoms with Crippen molar-refractivity contribution in [2.24, 2.45) is 0 Å². The fourth-order valence-electron chi connectivity index (χ4n) is 10.5. The minimum atomic E-state index is -3.63. The number of nitrogens with zero attached hydrogens (tertiary/aromatic N) is 8. The number of fused-ring (bicyclic) bond motifs is 2. The van der Waals surface area contributed by atoms with Gasteiger partial charge in [-0.15, -0.1) is 0 Å². The lowest BCUT2D eigenvalue weighted by Crippen LogP contribution is -2.64. The van der Waals surface area contributed by atoms with Crippen LogP contribution in [0.3, 0.4) is 0 Å². The van der Waals surface area contributed by atoms with Crippen LogP contribution >= 0.6 is 0 Å². The fraction of sp³-hybridized carbons (Fsp3) is 0.426. The molecule has 67 heavy (non-hydrogen) atoms. The Labute approximate surface area is 384 Å². The van der Waals surface area contributed by atoms with Gasteiger partial charge in [0.25, 0.3) is 11.8 Å². The highest BCUT2D eigenvalue weighted by Gasteiger charge is 2.46. The van der Waals surface area contributed by atoms with Gasteiger partial charge in [-0.1, -0.05) is 0 Å². The number of hydrogen-bond acceptors (Lipinski definition) is 13. The van der Waals surface area contributed by atoms with Crippen molar-refractivity contribution < 1.29 is 40.8 Å². The van der Waals surface area contributed by atoms with Gasteiger partial charge in [-0.25, -0.2) is 36.5 Å². The molecule has 4 amide bonds. The number of amides is 4. The number of carbonyl (C=O) groups excluding carboxylic acids is 4. The average Bonchev–Trinajstić information content (AvgIpc) is 3.75. The number of carbonyl (C=O) groups is 4. The molecule has 0 radical (unpaired) electrons. The molecule has 5 aromatic rings. The molecule has 350 valence electrons. The molecule has 0 spiro atoms. The lowest BCUT2D eigenvalue weighted by atomic mass is 9.95. The van der Waals surface area contributed by atoms with Crippen LogP contribution in [0, 0.1) is 24.4 Å². The van der Waals surface area contributed by atoms with Gasteiger partial charge in [0.15, 0.2) is 21.5 Å². The summed E-state index contributed by atoms with van der Waals surface area (Å²) in [6, 6.07) is 11.1. The summed E-state index contributed by atoms with van der Waals surface area (Å²) in [6.45, 7) is 9.81. The molecule has 2 aromatic heterocycles. The molecule has 0 saturated carbocycles. The Balaban J connectivity index is 0.706. The fourth-order valence-corrected chi connectivity index (χ4v) is 12.2. The zero-order chi connectivity index (χ0) is 47.1. The molecule has 2 N–H and O–H groups in total. The molecule has 4 saturated heterocycles. The number of sulfone groups is 1. The van der Waals surface area contributed by atoms with Crippen LogP contribution in [0.2, 0.25) is 0 Å². The van der Waals surface area contributed by atoms with Crippen LogP contribution in [0.1, 0.15) is 85.0 Å². The lowest BCUT2D eigenvalue weighted by Gasteiger charge is -2.52. The van der Waals surface area contributed by atoms with Gasteiger partial charge >= 0.3 is 0 Å². The number of benzene rings is 3. The third kappa shape index (κ3) is 8.01. The number of halogens is 3. The topological polar surface area (TPSA) is 183 Å². The number of nitrogens with one attached hydrogen (secondary N) is 2. The van der Waals surface area contributed by atoms with Crippen LogP contribution in [-0.4, -0.2) is 129 Å². The van der Waals surface area contributed by atoms with Crippen molar-refractivity contribution >= 4 is 61.8 Å². The average molecular weight is 939 g/mol. The predicted molar refractivity (Wildman–Crippen MR) is 241 cm³/mol. The molecule has 3 aromatic carbocycles. The monoisotopic (exact) mass is 938 g/mol. The largest absolute Gasteiger partial charge is 0.369 e. The molecule has 0 bridgehead atoms. The number of likely N-dealkylation sites (tertiary alicyclic amines) is 2. The van der Waals surface area contributed by atoms with E-state index in [-0.39, 0.29) is 69.4 Å². The second-order valence-electron chi connectivity index (χ2n) is 18.4. The standard InChI is InChI=1S/C47H49F3N10O6S/c1-25(2)59-26(3)52-43-36(49)18-27(19-40(43)59)42-37(50)22-51-47(55-42)53-28-4-6-31(7-5-28)67(65,66)32-12-16-56(17-13-32)30-23-58(24-30)29-10-14-57(15-11-29)39-21-34-33(20-35(39)48)45(63)60(46(34)64)38-8-9-41(61)54-44(38)62/h4-7,18-22,25,29-30,32,38H,8-17,23-24H2,1-3H3,(H,51,53,55)(H,54,61,62). The maximum Gasteiger partial charge on any atom is 0.262 e. The Morgan fingerprint density at radius 3 is 2.13 bits per heavy atom. The first-order valence-corrected chi connectivity index (χ1v) is 24.2. The summed E-state index contributed by atoms with van der Waals surface area (Å²) >= 11 is 0. The Morgan fingerprint density at radius 1 is 0.776 bits per heavy atom. The molecule has 5 aliphatic rings. The first kappa shape index (κ1) is 44.6. The maximum absolute atomic E-state index is 15.5. The minimum Gasteiger partial charge on any atom is -0.369 e. The van der Waals surface area contributed by atoms with Crippen LogP contribution in [0.4, 0.5) is 30.5 Å². The molecule has 20 heteroatoms. The van der Waals surface area contributed by atoms with E-state index in [9.17, 15) is 27.6 Å². The number of anilines is 3. The van der Waals surface area contributed by atoms with E-state index in [0.29, 0.717) is 62.1 Å². The van der Waals surface area contributed by atoms with Gasteiger partial charge < -0.3 is 14.8 Å². The lowest BCUT2D eigenvalue weighted by molar-refractivity contribution is -0.136. The van der Waals surface area contributed by atoms with Crippen molar-refractivity contribution in [2.45, 2.75) is 93.6 Å². The van der Waals surface area contributed by atoms with E-state index in [4.69, 9.17) is 0 Å². The third-order valence-electron chi connectivity index (χ3n) is 14.0. The molecule has 1 atom stereocenters. The van der Waals surface area contributed by atoms with Gasteiger partial charge in [0, 0.05) is 62.0 Å². The summed E-state index contributed by atoms with van der Waals surface area (Å²) in [5, 5.41) is 4.65.